The van der Waals surface area contributed by atoms with Gasteiger partial charge in [0.25, 0.3) is 0 Å². The van der Waals surface area contributed by atoms with Crippen LogP contribution in [0.25, 0.3) is 0 Å². The van der Waals surface area contributed by atoms with Gasteiger partial charge in [-0.25, -0.2) is 9.97 Å². The fraction of sp³-hybridized carbons (Fsp3) is 0.643. The lowest BCUT2D eigenvalue weighted by Gasteiger charge is -2.26. The molecule has 1 aliphatic rings. The molecule has 19 heavy (non-hydrogen) atoms. The number of rotatable bonds is 5. The van der Waals surface area contributed by atoms with Gasteiger partial charge in [0.05, 0.1) is 0 Å². The highest BCUT2D eigenvalue weighted by Gasteiger charge is 2.18. The number of aromatic nitrogens is 2. The van der Waals surface area contributed by atoms with E-state index < -0.39 is 0 Å². The first-order valence-electron chi connectivity index (χ1n) is 6.88. The Labute approximate surface area is 114 Å². The molecular weight excluding hydrogens is 238 g/mol. The highest BCUT2D eigenvalue weighted by Crippen LogP contribution is 2.16. The quantitative estimate of drug-likeness (QED) is 0.805. The molecule has 1 aromatic rings. The van der Waals surface area contributed by atoms with Crippen LogP contribution in [0.1, 0.15) is 31.9 Å². The zero-order valence-electron chi connectivity index (χ0n) is 11.7. The molecule has 1 aromatic heterocycles. The maximum Gasteiger partial charge on any atom is 0.183 e. The number of nitriles is 1. The van der Waals surface area contributed by atoms with Crippen LogP contribution in [0.5, 0.6) is 0 Å². The van der Waals surface area contributed by atoms with Crippen molar-refractivity contribution < 1.29 is 0 Å². The molecule has 0 spiro atoms. The summed E-state index contributed by atoms with van der Waals surface area (Å²) in [4.78, 5) is 12.9. The predicted molar refractivity (Wildman–Crippen MR) is 74.9 cm³/mol. The molecule has 0 bridgehead atoms. The number of anilines is 1. The van der Waals surface area contributed by atoms with Crippen LogP contribution in [0.15, 0.2) is 12.4 Å². The molecule has 2 rings (SSSR count). The van der Waals surface area contributed by atoms with Gasteiger partial charge in [-0.05, 0) is 39.3 Å². The highest BCUT2D eigenvalue weighted by molar-refractivity contribution is 5.48. The van der Waals surface area contributed by atoms with Crippen LogP contribution in [-0.4, -0.2) is 47.6 Å². The van der Waals surface area contributed by atoms with Crippen LogP contribution < -0.4 is 4.90 Å². The molecule has 1 atom stereocenters. The van der Waals surface area contributed by atoms with E-state index in [1.165, 1.54) is 25.9 Å². The predicted octanol–water partition coefficient (Wildman–Crippen LogP) is 1.66. The number of nitrogens with zero attached hydrogens (tertiary/aromatic N) is 5. The van der Waals surface area contributed by atoms with Gasteiger partial charge in [-0.15, -0.1) is 0 Å². The maximum absolute atomic E-state index is 9.03. The zero-order chi connectivity index (χ0) is 13.7. The second-order valence-corrected chi connectivity index (χ2v) is 5.14. The summed E-state index contributed by atoms with van der Waals surface area (Å²) in [7, 11) is 1.97. The van der Waals surface area contributed by atoms with E-state index in [1.54, 1.807) is 12.4 Å². The van der Waals surface area contributed by atoms with Gasteiger partial charge in [0.15, 0.2) is 11.5 Å². The molecule has 5 heteroatoms. The Balaban J connectivity index is 1.90. The van der Waals surface area contributed by atoms with Crippen molar-refractivity contribution >= 4 is 5.82 Å². The van der Waals surface area contributed by atoms with Gasteiger partial charge in [0, 0.05) is 32.0 Å². The van der Waals surface area contributed by atoms with Crippen molar-refractivity contribution in [2.45, 2.75) is 32.2 Å². The van der Waals surface area contributed by atoms with Gasteiger partial charge in [-0.2, -0.15) is 5.26 Å². The summed E-state index contributed by atoms with van der Waals surface area (Å²) in [6.07, 6.45) is 6.92. The van der Waals surface area contributed by atoms with Crippen LogP contribution in [0.2, 0.25) is 0 Å². The van der Waals surface area contributed by atoms with E-state index in [0.29, 0.717) is 17.6 Å². The minimum absolute atomic E-state index is 0.402. The maximum atomic E-state index is 9.03. The summed E-state index contributed by atoms with van der Waals surface area (Å²) in [5.41, 5.74) is 0.402. The monoisotopic (exact) mass is 259 g/mol. The standard InChI is InChI=1S/C14H21N5/c1-12(19-8-3-4-9-19)5-10-18(2)14-13(11-15)16-6-7-17-14/h6-7,12H,3-5,8-10H2,1-2H3. The van der Waals surface area contributed by atoms with Crippen LogP contribution in [0.4, 0.5) is 5.82 Å². The van der Waals surface area contributed by atoms with Gasteiger partial charge >= 0.3 is 0 Å². The number of likely N-dealkylation sites (tertiary alicyclic amines) is 1. The van der Waals surface area contributed by atoms with Crippen molar-refractivity contribution in [3.05, 3.63) is 18.1 Å². The van der Waals surface area contributed by atoms with E-state index in [2.05, 4.69) is 27.9 Å². The van der Waals surface area contributed by atoms with E-state index in [4.69, 9.17) is 5.26 Å². The van der Waals surface area contributed by atoms with Crippen molar-refractivity contribution in [2.24, 2.45) is 0 Å². The SMILES string of the molecule is CC(CCN(C)c1nccnc1C#N)N1CCCC1. The molecular formula is C14H21N5. The Morgan fingerprint density at radius 3 is 2.74 bits per heavy atom. The molecule has 0 saturated carbocycles. The first-order chi connectivity index (χ1) is 9.22. The van der Waals surface area contributed by atoms with E-state index in [-0.39, 0.29) is 0 Å². The summed E-state index contributed by atoms with van der Waals surface area (Å²) in [6, 6.07) is 2.68. The largest absolute Gasteiger partial charge is 0.357 e. The van der Waals surface area contributed by atoms with Crippen LogP contribution in [-0.2, 0) is 0 Å². The third-order valence-corrected chi connectivity index (χ3v) is 3.79. The average molecular weight is 259 g/mol. The molecule has 0 N–H and O–H groups in total. The van der Waals surface area contributed by atoms with Gasteiger partial charge in [0.2, 0.25) is 0 Å². The second kappa shape index (κ2) is 6.48. The topological polar surface area (TPSA) is 56.1 Å². The summed E-state index contributed by atoms with van der Waals surface area (Å²) >= 11 is 0. The van der Waals surface area contributed by atoms with Crippen LogP contribution in [0, 0.1) is 11.3 Å². The molecule has 2 heterocycles. The van der Waals surface area contributed by atoms with Gasteiger partial charge in [-0.1, -0.05) is 0 Å². The van der Waals surface area contributed by atoms with E-state index >= 15 is 0 Å². The molecule has 0 radical (unpaired) electrons. The number of hydrogen-bond donors (Lipinski definition) is 0. The zero-order valence-corrected chi connectivity index (χ0v) is 11.7. The molecule has 0 amide bonds. The summed E-state index contributed by atoms with van der Waals surface area (Å²) in [5.74, 6) is 0.679. The lowest BCUT2D eigenvalue weighted by atomic mass is 10.2. The molecule has 1 saturated heterocycles. The van der Waals surface area contributed by atoms with E-state index in [0.717, 1.165) is 13.0 Å². The Morgan fingerprint density at radius 2 is 2.05 bits per heavy atom. The Morgan fingerprint density at radius 1 is 1.37 bits per heavy atom. The number of hydrogen-bond acceptors (Lipinski definition) is 5. The smallest absolute Gasteiger partial charge is 0.183 e. The normalized spacial score (nSPS) is 17.1. The molecule has 102 valence electrons. The summed E-state index contributed by atoms with van der Waals surface area (Å²) in [5, 5.41) is 9.03. The van der Waals surface area contributed by atoms with Gasteiger partial charge in [0.1, 0.15) is 6.07 Å². The van der Waals surface area contributed by atoms with E-state index in [9.17, 15) is 0 Å². The highest BCUT2D eigenvalue weighted by atomic mass is 15.2. The van der Waals surface area contributed by atoms with E-state index in [1.807, 2.05) is 11.9 Å². The molecule has 1 unspecified atom stereocenters. The first kappa shape index (κ1) is 13.8. The van der Waals surface area contributed by atoms with Crippen molar-refractivity contribution in [1.29, 1.82) is 5.26 Å². The minimum atomic E-state index is 0.402. The first-order valence-corrected chi connectivity index (χ1v) is 6.88. The molecule has 1 aliphatic heterocycles. The van der Waals surface area contributed by atoms with Gasteiger partial charge in [-0.3, -0.25) is 0 Å². The lowest BCUT2D eigenvalue weighted by Crippen LogP contribution is -2.34. The third kappa shape index (κ3) is 3.42. The molecule has 0 aromatic carbocycles. The fourth-order valence-corrected chi connectivity index (χ4v) is 2.54. The van der Waals surface area contributed by atoms with Crippen molar-refractivity contribution in [3.8, 4) is 6.07 Å². The van der Waals surface area contributed by atoms with Crippen molar-refractivity contribution in [3.63, 3.8) is 0 Å². The second-order valence-electron chi connectivity index (χ2n) is 5.14. The lowest BCUT2D eigenvalue weighted by molar-refractivity contribution is 0.249. The Kier molecular flexibility index (Phi) is 4.69. The van der Waals surface area contributed by atoms with Crippen LogP contribution in [0.3, 0.4) is 0 Å². The van der Waals surface area contributed by atoms with Crippen molar-refractivity contribution in [1.82, 2.24) is 14.9 Å². The van der Waals surface area contributed by atoms with Crippen LogP contribution >= 0.6 is 0 Å². The molecule has 1 fully saturated rings. The minimum Gasteiger partial charge on any atom is -0.357 e. The Bertz CT molecular complexity index is 447. The average Bonchev–Trinajstić information content (AvgIpc) is 2.98. The Hall–Kier alpha value is -1.67. The summed E-state index contributed by atoms with van der Waals surface area (Å²) < 4.78 is 0. The fourth-order valence-electron chi connectivity index (χ4n) is 2.54. The molecule has 5 nitrogen and oxygen atoms in total. The molecule has 0 aliphatic carbocycles. The summed E-state index contributed by atoms with van der Waals surface area (Å²) in [6.45, 7) is 5.62. The third-order valence-electron chi connectivity index (χ3n) is 3.79. The van der Waals surface area contributed by atoms with Gasteiger partial charge < -0.3 is 9.80 Å². The van der Waals surface area contributed by atoms with Crippen molar-refractivity contribution in [2.75, 3.05) is 31.6 Å².